The van der Waals surface area contributed by atoms with Gasteiger partial charge >= 0.3 is 0 Å². The molecule has 228 valence electrons. The number of carbonyl (C=O) groups is 2. The van der Waals surface area contributed by atoms with E-state index in [1.165, 1.54) is 17.8 Å². The molecule has 3 aliphatic heterocycles. The average Bonchev–Trinajstić information content (AvgIpc) is 3.34. The van der Waals surface area contributed by atoms with Gasteiger partial charge in [0.1, 0.15) is 24.2 Å². The standard InChI is InChI=1S/C30H37N7O5S/c1-36(2)29(31)35-30-34-28(41)25(43-30)15-18-3-5-20(6-4-18)37-13-11-19(12-14-37)32-16-21(38)17-42-24-9-8-23(39)27-22(24)7-10-26(40)33-27/h3-6,8-9,15,19,21,32,38-39H,7,10-14,16-17H2,1-2H3,(H,33,40)(H2,31,34,35,41)/t21-/m0/s1. The first kappa shape index (κ1) is 30.4. The van der Waals surface area contributed by atoms with Crippen molar-refractivity contribution in [3.8, 4) is 11.5 Å². The fraction of sp³-hybridized carbons (Fsp3) is 0.400. The highest BCUT2D eigenvalue weighted by Crippen LogP contribution is 2.38. The highest BCUT2D eigenvalue weighted by molar-refractivity contribution is 8.18. The van der Waals surface area contributed by atoms with Crippen LogP contribution >= 0.6 is 11.8 Å². The van der Waals surface area contributed by atoms with E-state index in [1.807, 2.05) is 18.2 Å². The van der Waals surface area contributed by atoms with Crippen LogP contribution in [-0.2, 0) is 16.0 Å². The molecule has 5 rings (SSSR count). The molecule has 0 spiro atoms. The second kappa shape index (κ2) is 13.5. The summed E-state index contributed by atoms with van der Waals surface area (Å²) in [5.74, 6) is 0.285. The molecule has 2 aromatic rings. The summed E-state index contributed by atoms with van der Waals surface area (Å²) in [6.07, 6.45) is 3.79. The van der Waals surface area contributed by atoms with Crippen LogP contribution in [0.2, 0.25) is 0 Å². The molecule has 0 bridgehead atoms. The number of amides is 2. The molecule has 1 atom stereocenters. The lowest BCUT2D eigenvalue weighted by atomic mass is 10.0. The number of aliphatic hydroxyl groups is 1. The third kappa shape index (κ3) is 7.66. The van der Waals surface area contributed by atoms with Crippen molar-refractivity contribution in [1.29, 1.82) is 5.41 Å². The minimum Gasteiger partial charge on any atom is -0.506 e. The Kier molecular flexibility index (Phi) is 9.53. The number of amidine groups is 1. The van der Waals surface area contributed by atoms with E-state index in [0.29, 0.717) is 40.9 Å². The van der Waals surface area contributed by atoms with Crippen molar-refractivity contribution in [3.05, 3.63) is 52.4 Å². The molecule has 0 radical (unpaired) electrons. The molecule has 1 fully saturated rings. The number of thioether (sulfide) groups is 1. The number of nitrogens with one attached hydrogen (secondary N) is 4. The zero-order chi connectivity index (χ0) is 30.5. The zero-order valence-electron chi connectivity index (χ0n) is 24.2. The highest BCUT2D eigenvalue weighted by atomic mass is 32.2. The van der Waals surface area contributed by atoms with Gasteiger partial charge in [-0.05, 0) is 66.9 Å². The van der Waals surface area contributed by atoms with E-state index in [0.717, 1.165) is 42.7 Å². The summed E-state index contributed by atoms with van der Waals surface area (Å²) in [7, 11) is 3.49. The van der Waals surface area contributed by atoms with E-state index in [4.69, 9.17) is 10.1 Å². The number of aliphatic hydroxyl groups excluding tert-OH is 1. The smallest absolute Gasteiger partial charge is 0.286 e. The molecular weight excluding hydrogens is 570 g/mol. The van der Waals surface area contributed by atoms with E-state index in [-0.39, 0.29) is 36.2 Å². The van der Waals surface area contributed by atoms with E-state index < -0.39 is 6.10 Å². The Morgan fingerprint density at radius 3 is 2.67 bits per heavy atom. The van der Waals surface area contributed by atoms with Crippen molar-refractivity contribution in [1.82, 2.24) is 15.5 Å². The number of anilines is 2. The summed E-state index contributed by atoms with van der Waals surface area (Å²) >= 11 is 1.22. The number of aliphatic imine (C=N–C) groups is 1. The van der Waals surface area contributed by atoms with Crippen LogP contribution in [0.1, 0.15) is 30.4 Å². The maximum Gasteiger partial charge on any atom is 0.286 e. The normalized spacial score (nSPS) is 18.6. The minimum atomic E-state index is -0.704. The van der Waals surface area contributed by atoms with Crippen LogP contribution in [0.4, 0.5) is 11.4 Å². The number of hydrogen-bond donors (Lipinski definition) is 6. The average molecular weight is 608 g/mol. The molecule has 0 aliphatic carbocycles. The van der Waals surface area contributed by atoms with E-state index in [9.17, 15) is 19.8 Å². The number of hydrogen-bond acceptors (Lipinski definition) is 9. The van der Waals surface area contributed by atoms with Gasteiger partial charge in [0.05, 0.1) is 10.6 Å². The molecule has 0 unspecified atom stereocenters. The first-order valence-corrected chi connectivity index (χ1v) is 15.1. The lowest BCUT2D eigenvalue weighted by Crippen LogP contribution is -2.45. The molecule has 1 saturated heterocycles. The summed E-state index contributed by atoms with van der Waals surface area (Å²) in [6.45, 7) is 2.27. The van der Waals surface area contributed by atoms with Gasteiger partial charge < -0.3 is 40.7 Å². The second-order valence-electron chi connectivity index (χ2n) is 10.9. The van der Waals surface area contributed by atoms with Gasteiger partial charge in [0.25, 0.3) is 5.91 Å². The third-order valence-corrected chi connectivity index (χ3v) is 8.43. The number of nitrogens with zero attached hydrogens (tertiary/aromatic N) is 3. The van der Waals surface area contributed by atoms with Crippen molar-refractivity contribution in [2.45, 2.75) is 37.8 Å². The van der Waals surface area contributed by atoms with Gasteiger partial charge in [-0.2, -0.15) is 4.99 Å². The van der Waals surface area contributed by atoms with Crippen LogP contribution in [0, 0.1) is 5.41 Å². The number of fused-ring (bicyclic) bond motifs is 1. The Morgan fingerprint density at radius 2 is 1.95 bits per heavy atom. The first-order chi connectivity index (χ1) is 20.7. The summed E-state index contributed by atoms with van der Waals surface area (Å²) in [4.78, 5) is 32.4. The maximum atomic E-state index is 12.3. The van der Waals surface area contributed by atoms with Crippen LogP contribution in [0.25, 0.3) is 6.08 Å². The Labute approximate surface area is 254 Å². The quantitative estimate of drug-likeness (QED) is 0.114. The van der Waals surface area contributed by atoms with Crippen molar-refractivity contribution in [2.24, 2.45) is 4.99 Å². The highest BCUT2D eigenvalue weighted by Gasteiger charge is 2.25. The number of ether oxygens (including phenoxy) is 1. The number of piperidine rings is 1. The SMILES string of the molecule is CN(C)C(=N)NC1=NC(=O)C(=Cc2ccc(N3CCC(NC[C@H](O)COc4ccc(O)c5c4CCC(=O)N5)CC3)cc2)S1. The van der Waals surface area contributed by atoms with Crippen molar-refractivity contribution >= 4 is 52.2 Å². The number of aromatic hydroxyl groups is 1. The number of rotatable bonds is 8. The molecular formula is C30H37N7O5S. The number of phenolic OH excluding ortho intramolecular Hbond substituents is 1. The van der Waals surface area contributed by atoms with Gasteiger partial charge in [-0.25, -0.2) is 0 Å². The molecule has 0 saturated carbocycles. The Bertz CT molecular complexity index is 1440. The Morgan fingerprint density at radius 1 is 1.21 bits per heavy atom. The van der Waals surface area contributed by atoms with Crippen LogP contribution in [-0.4, -0.2) is 90.5 Å². The number of guanidine groups is 1. The van der Waals surface area contributed by atoms with Crippen molar-refractivity contribution in [3.63, 3.8) is 0 Å². The molecule has 2 aromatic carbocycles. The van der Waals surface area contributed by atoms with Crippen LogP contribution in [0.5, 0.6) is 11.5 Å². The predicted octanol–water partition coefficient (Wildman–Crippen LogP) is 2.33. The molecule has 3 aliphatic rings. The molecule has 12 nitrogen and oxygen atoms in total. The fourth-order valence-corrected chi connectivity index (χ4v) is 5.89. The van der Waals surface area contributed by atoms with E-state index in [1.54, 1.807) is 25.1 Å². The maximum absolute atomic E-state index is 12.3. The summed E-state index contributed by atoms with van der Waals surface area (Å²) < 4.78 is 5.85. The first-order valence-electron chi connectivity index (χ1n) is 14.3. The van der Waals surface area contributed by atoms with Crippen LogP contribution in [0.3, 0.4) is 0 Å². The van der Waals surface area contributed by atoms with Gasteiger partial charge in [-0.3, -0.25) is 15.0 Å². The lowest BCUT2D eigenvalue weighted by molar-refractivity contribution is -0.116. The largest absolute Gasteiger partial charge is 0.506 e. The van der Waals surface area contributed by atoms with Gasteiger partial charge in [0, 0.05) is 57.4 Å². The number of phenols is 1. The Balaban J connectivity index is 1.05. The van der Waals surface area contributed by atoms with E-state index in [2.05, 4.69) is 38.0 Å². The Hall–Kier alpha value is -4.07. The molecule has 13 heteroatoms. The van der Waals surface area contributed by atoms with Gasteiger partial charge in [-0.15, -0.1) is 0 Å². The summed E-state index contributed by atoms with van der Waals surface area (Å²) in [6, 6.07) is 11.5. The zero-order valence-corrected chi connectivity index (χ0v) is 25.0. The van der Waals surface area contributed by atoms with Crippen molar-refractivity contribution in [2.75, 3.05) is 50.6 Å². The number of benzene rings is 2. The van der Waals surface area contributed by atoms with Crippen molar-refractivity contribution < 1.29 is 24.5 Å². The van der Waals surface area contributed by atoms with Gasteiger partial charge in [0.15, 0.2) is 11.1 Å². The number of carbonyl (C=O) groups excluding carboxylic acids is 2. The predicted molar refractivity (Wildman–Crippen MR) is 169 cm³/mol. The van der Waals surface area contributed by atoms with Crippen LogP contribution < -0.4 is 25.6 Å². The lowest BCUT2D eigenvalue weighted by Gasteiger charge is -2.34. The molecule has 43 heavy (non-hydrogen) atoms. The summed E-state index contributed by atoms with van der Waals surface area (Å²) in [5.41, 5.74) is 3.17. The van der Waals surface area contributed by atoms with Gasteiger partial charge in [0.2, 0.25) is 5.91 Å². The molecule has 3 heterocycles. The van der Waals surface area contributed by atoms with Crippen LogP contribution in [0.15, 0.2) is 46.3 Å². The topological polar surface area (TPSA) is 163 Å². The molecule has 0 aromatic heterocycles. The third-order valence-electron chi connectivity index (χ3n) is 7.53. The molecule has 6 N–H and O–H groups in total. The monoisotopic (exact) mass is 607 g/mol. The molecule has 2 amide bonds. The minimum absolute atomic E-state index is 0.0120. The van der Waals surface area contributed by atoms with Gasteiger partial charge in [-0.1, -0.05) is 12.1 Å². The second-order valence-corrected chi connectivity index (χ2v) is 11.9. The summed E-state index contributed by atoms with van der Waals surface area (Å²) in [5, 5.41) is 37.8. The fourth-order valence-electron chi connectivity index (χ4n) is 5.08. The van der Waals surface area contributed by atoms with E-state index >= 15 is 0 Å².